The van der Waals surface area contributed by atoms with Gasteiger partial charge >= 0.3 is 0 Å². The number of anilines is 1. The molecular weight excluding hydrogens is 295 g/mol. The fourth-order valence-electron chi connectivity index (χ4n) is 2.48. The molecular formula is C14H21FN2O3S. The summed E-state index contributed by atoms with van der Waals surface area (Å²) in [6.45, 7) is 3.27. The number of hydrogen-bond acceptors (Lipinski definition) is 4. The molecule has 0 spiro atoms. The summed E-state index contributed by atoms with van der Waals surface area (Å²) >= 11 is 0. The lowest BCUT2D eigenvalue weighted by Gasteiger charge is -2.27. The number of nitrogens with zero attached hydrogens (tertiary/aromatic N) is 1. The molecule has 0 aliphatic carbocycles. The molecule has 0 bridgehead atoms. The summed E-state index contributed by atoms with van der Waals surface area (Å²) in [5.41, 5.74) is 5.61. The smallest absolute Gasteiger partial charge is 0.242 e. The van der Waals surface area contributed by atoms with Crippen molar-refractivity contribution in [3.63, 3.8) is 0 Å². The zero-order chi connectivity index (χ0) is 15.6. The van der Waals surface area contributed by atoms with E-state index in [1.54, 1.807) is 7.05 Å². The zero-order valence-electron chi connectivity index (χ0n) is 12.3. The summed E-state index contributed by atoms with van der Waals surface area (Å²) in [5.74, 6) is -0.279. The van der Waals surface area contributed by atoms with Crippen LogP contribution < -0.4 is 5.73 Å². The number of halogens is 1. The van der Waals surface area contributed by atoms with Gasteiger partial charge in [0.05, 0.1) is 10.6 Å². The number of benzene rings is 1. The molecule has 0 unspecified atom stereocenters. The molecule has 21 heavy (non-hydrogen) atoms. The van der Waals surface area contributed by atoms with Gasteiger partial charge in [0.1, 0.15) is 5.82 Å². The van der Waals surface area contributed by atoms with E-state index in [-0.39, 0.29) is 22.1 Å². The standard InChI is InChI=1S/C14H21FN2O3S/c1-10-7-12(8-13(16)14(10)15)21(18,19)17(2)9-11-3-5-20-6-4-11/h7-8,11H,3-6,9,16H2,1-2H3. The first-order valence-corrected chi connectivity index (χ1v) is 8.36. The maximum atomic E-state index is 13.5. The van der Waals surface area contributed by atoms with Gasteiger partial charge in [0.15, 0.2) is 0 Å². The summed E-state index contributed by atoms with van der Waals surface area (Å²) in [4.78, 5) is 0.0356. The number of aryl methyl sites for hydroxylation is 1. The second-order valence-corrected chi connectivity index (χ2v) is 7.53. The van der Waals surface area contributed by atoms with Crippen LogP contribution in [0.3, 0.4) is 0 Å². The summed E-state index contributed by atoms with van der Waals surface area (Å²) in [5, 5.41) is 0. The first kappa shape index (κ1) is 16.2. The van der Waals surface area contributed by atoms with Crippen molar-refractivity contribution < 1.29 is 17.5 Å². The Hall–Kier alpha value is -1.18. The average Bonchev–Trinajstić information content (AvgIpc) is 2.45. The van der Waals surface area contributed by atoms with Crippen LogP contribution in [0.5, 0.6) is 0 Å². The normalized spacial score (nSPS) is 17.3. The van der Waals surface area contributed by atoms with Crippen LogP contribution in [0.2, 0.25) is 0 Å². The van der Waals surface area contributed by atoms with E-state index < -0.39 is 15.8 Å². The second-order valence-electron chi connectivity index (χ2n) is 5.48. The molecule has 0 radical (unpaired) electrons. The van der Waals surface area contributed by atoms with Gasteiger partial charge in [-0.2, -0.15) is 0 Å². The van der Waals surface area contributed by atoms with Gasteiger partial charge in [0.2, 0.25) is 10.0 Å². The molecule has 7 heteroatoms. The van der Waals surface area contributed by atoms with Gasteiger partial charge in [-0.3, -0.25) is 0 Å². The van der Waals surface area contributed by atoms with Crippen molar-refractivity contribution in [2.24, 2.45) is 5.92 Å². The number of ether oxygens (including phenoxy) is 1. The van der Waals surface area contributed by atoms with Crippen LogP contribution in [0.25, 0.3) is 0 Å². The van der Waals surface area contributed by atoms with Crippen molar-refractivity contribution in [3.05, 3.63) is 23.5 Å². The predicted molar refractivity (Wildman–Crippen MR) is 78.9 cm³/mol. The maximum Gasteiger partial charge on any atom is 0.242 e. The fraction of sp³-hybridized carbons (Fsp3) is 0.571. The van der Waals surface area contributed by atoms with Crippen molar-refractivity contribution in [2.45, 2.75) is 24.7 Å². The molecule has 1 aliphatic heterocycles. The summed E-state index contributed by atoms with van der Waals surface area (Å²) in [7, 11) is -2.11. The Labute approximate surface area is 124 Å². The van der Waals surface area contributed by atoms with E-state index in [1.165, 1.54) is 23.4 Å². The fourth-order valence-corrected chi connectivity index (χ4v) is 3.85. The highest BCUT2D eigenvalue weighted by molar-refractivity contribution is 7.89. The Kier molecular flexibility index (Phi) is 4.85. The van der Waals surface area contributed by atoms with Crippen LogP contribution in [0, 0.1) is 18.7 Å². The molecule has 2 rings (SSSR count). The molecule has 1 aliphatic rings. The summed E-state index contributed by atoms with van der Waals surface area (Å²) < 4.78 is 45.2. The Morgan fingerprint density at radius 1 is 1.38 bits per heavy atom. The molecule has 118 valence electrons. The Bertz CT molecular complexity index is 590. The first-order chi connectivity index (χ1) is 9.82. The number of nitrogens with two attached hydrogens (primary N) is 1. The lowest BCUT2D eigenvalue weighted by Crippen LogP contribution is -2.34. The van der Waals surface area contributed by atoms with E-state index in [1.807, 2.05) is 0 Å². The highest BCUT2D eigenvalue weighted by Gasteiger charge is 2.26. The monoisotopic (exact) mass is 316 g/mol. The quantitative estimate of drug-likeness (QED) is 0.859. The van der Waals surface area contributed by atoms with Gasteiger partial charge in [-0.05, 0) is 43.4 Å². The molecule has 0 saturated carbocycles. The van der Waals surface area contributed by atoms with Crippen molar-refractivity contribution in [3.8, 4) is 0 Å². The third-order valence-corrected chi connectivity index (χ3v) is 5.62. The predicted octanol–water partition coefficient (Wildman–Crippen LogP) is 1.76. The minimum absolute atomic E-state index is 0.0356. The minimum Gasteiger partial charge on any atom is -0.396 e. The van der Waals surface area contributed by atoms with Crippen molar-refractivity contribution in [2.75, 3.05) is 32.5 Å². The molecule has 5 nitrogen and oxygen atoms in total. The van der Waals surface area contributed by atoms with Crippen molar-refractivity contribution >= 4 is 15.7 Å². The van der Waals surface area contributed by atoms with Gasteiger partial charge < -0.3 is 10.5 Å². The molecule has 0 atom stereocenters. The summed E-state index contributed by atoms with van der Waals surface area (Å²) in [6, 6.07) is 2.50. The van der Waals surface area contributed by atoms with Crippen LogP contribution >= 0.6 is 0 Å². The Balaban J connectivity index is 2.20. The second kappa shape index (κ2) is 6.29. The summed E-state index contributed by atoms with van der Waals surface area (Å²) in [6.07, 6.45) is 1.70. The van der Waals surface area contributed by atoms with Crippen LogP contribution in [0.15, 0.2) is 17.0 Å². The number of nitrogen functional groups attached to an aromatic ring is 1. The highest BCUT2D eigenvalue weighted by Crippen LogP contribution is 2.24. The third kappa shape index (κ3) is 3.53. The van der Waals surface area contributed by atoms with E-state index >= 15 is 0 Å². The molecule has 1 heterocycles. The van der Waals surface area contributed by atoms with Gasteiger partial charge in [0.25, 0.3) is 0 Å². The van der Waals surface area contributed by atoms with Gasteiger partial charge in [-0.25, -0.2) is 17.1 Å². The topological polar surface area (TPSA) is 72.6 Å². The third-order valence-electron chi connectivity index (χ3n) is 3.82. The van der Waals surface area contributed by atoms with Crippen LogP contribution in [-0.2, 0) is 14.8 Å². The van der Waals surface area contributed by atoms with Gasteiger partial charge in [0, 0.05) is 26.8 Å². The van der Waals surface area contributed by atoms with Crippen molar-refractivity contribution in [1.82, 2.24) is 4.31 Å². The molecule has 1 saturated heterocycles. The van der Waals surface area contributed by atoms with Crippen LogP contribution in [0.4, 0.5) is 10.1 Å². The number of hydrogen-bond donors (Lipinski definition) is 1. The number of rotatable bonds is 4. The SMILES string of the molecule is Cc1cc(S(=O)(=O)N(C)CC2CCOCC2)cc(N)c1F. The van der Waals surface area contributed by atoms with E-state index in [4.69, 9.17) is 10.5 Å². The van der Waals surface area contributed by atoms with Gasteiger partial charge in [-0.1, -0.05) is 0 Å². The van der Waals surface area contributed by atoms with Crippen LogP contribution in [-0.4, -0.2) is 39.5 Å². The van der Waals surface area contributed by atoms with Crippen LogP contribution in [0.1, 0.15) is 18.4 Å². The number of sulfonamides is 1. The molecule has 0 amide bonds. The molecule has 2 N–H and O–H groups in total. The van der Waals surface area contributed by atoms with Crippen molar-refractivity contribution in [1.29, 1.82) is 0 Å². The Morgan fingerprint density at radius 2 is 2.00 bits per heavy atom. The lowest BCUT2D eigenvalue weighted by molar-refractivity contribution is 0.0620. The van der Waals surface area contributed by atoms with E-state index in [2.05, 4.69) is 0 Å². The van der Waals surface area contributed by atoms with E-state index in [0.717, 1.165) is 12.8 Å². The largest absolute Gasteiger partial charge is 0.396 e. The maximum absolute atomic E-state index is 13.5. The first-order valence-electron chi connectivity index (χ1n) is 6.92. The molecule has 1 aromatic rings. The molecule has 0 aromatic heterocycles. The molecule has 1 fully saturated rings. The average molecular weight is 316 g/mol. The van der Waals surface area contributed by atoms with E-state index in [9.17, 15) is 12.8 Å². The van der Waals surface area contributed by atoms with Gasteiger partial charge in [-0.15, -0.1) is 0 Å². The Morgan fingerprint density at radius 3 is 2.57 bits per heavy atom. The molecule has 1 aromatic carbocycles. The van der Waals surface area contributed by atoms with E-state index in [0.29, 0.717) is 19.8 Å². The zero-order valence-corrected chi connectivity index (χ0v) is 13.1. The highest BCUT2D eigenvalue weighted by atomic mass is 32.2. The lowest BCUT2D eigenvalue weighted by atomic mass is 10.0. The minimum atomic E-state index is -3.65.